The van der Waals surface area contributed by atoms with Crippen LogP contribution >= 0.6 is 22.7 Å². The van der Waals surface area contributed by atoms with Crippen LogP contribution in [0.2, 0.25) is 0 Å². The second kappa shape index (κ2) is 8.61. The van der Waals surface area contributed by atoms with Gasteiger partial charge in [0.25, 0.3) is 0 Å². The molecule has 3 aromatic rings. The number of thiophene rings is 1. The van der Waals surface area contributed by atoms with Crippen molar-refractivity contribution in [3.8, 4) is 11.8 Å². The van der Waals surface area contributed by atoms with E-state index in [1.54, 1.807) is 36.5 Å². The molecule has 0 bridgehead atoms. The molecule has 1 unspecified atom stereocenters. The molecule has 0 radical (unpaired) electrons. The van der Waals surface area contributed by atoms with E-state index >= 15 is 0 Å². The van der Waals surface area contributed by atoms with Gasteiger partial charge in [0, 0.05) is 23.7 Å². The van der Waals surface area contributed by atoms with Gasteiger partial charge in [0.15, 0.2) is 0 Å². The summed E-state index contributed by atoms with van der Waals surface area (Å²) in [6.45, 7) is 4.14. The van der Waals surface area contributed by atoms with Crippen LogP contribution in [0.3, 0.4) is 0 Å². The summed E-state index contributed by atoms with van der Waals surface area (Å²) < 4.78 is 0. The zero-order valence-electron chi connectivity index (χ0n) is 14.9. The fourth-order valence-corrected chi connectivity index (χ4v) is 3.87. The standard InChI is InChI=1S/C21H22N2OS2/c1-21(2,24)9-7-16-3-5-17(6-4-16)14-23-19(20-22-10-12-26-20)13-18-8-11-25-15-18/h3-6,8,10-12,15,19,23-24H,13-14H2,1-2H3. The summed E-state index contributed by atoms with van der Waals surface area (Å²) in [4.78, 5) is 4.49. The van der Waals surface area contributed by atoms with E-state index in [4.69, 9.17) is 0 Å². The summed E-state index contributed by atoms with van der Waals surface area (Å²) in [5.74, 6) is 5.84. The molecule has 1 atom stereocenters. The number of rotatable bonds is 6. The van der Waals surface area contributed by atoms with E-state index in [0.29, 0.717) is 0 Å². The molecule has 5 heteroatoms. The summed E-state index contributed by atoms with van der Waals surface area (Å²) >= 11 is 3.41. The van der Waals surface area contributed by atoms with E-state index in [2.05, 4.69) is 51.1 Å². The van der Waals surface area contributed by atoms with Gasteiger partial charge < -0.3 is 10.4 Å². The molecule has 134 valence electrons. The second-order valence-electron chi connectivity index (χ2n) is 6.65. The molecule has 0 aliphatic carbocycles. The van der Waals surface area contributed by atoms with Crippen molar-refractivity contribution in [2.75, 3.05) is 0 Å². The third-order valence-electron chi connectivity index (χ3n) is 3.79. The Morgan fingerprint density at radius 3 is 2.58 bits per heavy atom. The average Bonchev–Trinajstić information content (AvgIpc) is 3.30. The zero-order chi connectivity index (χ0) is 18.4. The summed E-state index contributed by atoms with van der Waals surface area (Å²) in [5.41, 5.74) is 2.47. The fourth-order valence-electron chi connectivity index (χ4n) is 2.47. The van der Waals surface area contributed by atoms with E-state index in [1.807, 2.05) is 23.7 Å². The SMILES string of the molecule is CC(C)(O)C#Cc1ccc(CNC(Cc2ccsc2)c2nccs2)cc1. The molecular formula is C21H22N2OS2. The van der Waals surface area contributed by atoms with Gasteiger partial charge in [0.05, 0.1) is 6.04 Å². The molecule has 0 fully saturated rings. The highest BCUT2D eigenvalue weighted by Crippen LogP contribution is 2.22. The van der Waals surface area contributed by atoms with Crippen LogP contribution in [0.25, 0.3) is 0 Å². The zero-order valence-corrected chi connectivity index (χ0v) is 16.5. The molecule has 1 aromatic carbocycles. The molecule has 2 heterocycles. The Bertz CT molecular complexity index is 852. The van der Waals surface area contributed by atoms with Crippen LogP contribution < -0.4 is 5.32 Å². The predicted octanol–water partition coefficient (Wildman–Crippen LogP) is 4.40. The monoisotopic (exact) mass is 382 g/mol. The maximum absolute atomic E-state index is 9.69. The van der Waals surface area contributed by atoms with Crippen LogP contribution in [0.5, 0.6) is 0 Å². The first-order chi connectivity index (χ1) is 12.5. The molecule has 3 nitrogen and oxygen atoms in total. The lowest BCUT2D eigenvalue weighted by Crippen LogP contribution is -2.22. The first kappa shape index (κ1) is 18.8. The smallest absolute Gasteiger partial charge is 0.120 e. The topological polar surface area (TPSA) is 45.1 Å². The Kier molecular flexibility index (Phi) is 6.23. The molecule has 2 aromatic heterocycles. The number of hydrogen-bond acceptors (Lipinski definition) is 5. The maximum Gasteiger partial charge on any atom is 0.120 e. The molecule has 0 aliphatic heterocycles. The van der Waals surface area contributed by atoms with E-state index in [-0.39, 0.29) is 6.04 Å². The summed E-state index contributed by atoms with van der Waals surface area (Å²) in [6.07, 6.45) is 2.80. The Morgan fingerprint density at radius 1 is 1.15 bits per heavy atom. The molecule has 0 saturated carbocycles. The normalized spacial score (nSPS) is 12.4. The van der Waals surface area contributed by atoms with Crippen LogP contribution in [0.4, 0.5) is 0 Å². The molecule has 2 N–H and O–H groups in total. The Balaban J connectivity index is 1.64. The molecule has 0 spiro atoms. The van der Waals surface area contributed by atoms with Crippen molar-refractivity contribution in [3.63, 3.8) is 0 Å². The van der Waals surface area contributed by atoms with Crippen LogP contribution in [0, 0.1) is 11.8 Å². The van der Waals surface area contributed by atoms with Gasteiger partial charge in [-0.3, -0.25) is 0 Å². The van der Waals surface area contributed by atoms with Gasteiger partial charge in [-0.1, -0.05) is 24.0 Å². The van der Waals surface area contributed by atoms with E-state index in [9.17, 15) is 5.11 Å². The van der Waals surface area contributed by atoms with Crippen LogP contribution in [0.15, 0.2) is 52.7 Å². The maximum atomic E-state index is 9.69. The van der Waals surface area contributed by atoms with Crippen molar-refractivity contribution in [3.05, 3.63) is 74.4 Å². The predicted molar refractivity (Wildman–Crippen MR) is 109 cm³/mol. The number of aliphatic hydroxyl groups is 1. The number of benzene rings is 1. The second-order valence-corrected chi connectivity index (χ2v) is 8.35. The van der Waals surface area contributed by atoms with Gasteiger partial charge in [0.1, 0.15) is 10.6 Å². The first-order valence-electron chi connectivity index (χ1n) is 8.48. The van der Waals surface area contributed by atoms with Crippen LogP contribution in [0.1, 0.15) is 41.6 Å². The van der Waals surface area contributed by atoms with E-state index < -0.39 is 5.60 Å². The van der Waals surface area contributed by atoms with Crippen molar-refractivity contribution in [1.29, 1.82) is 0 Å². The summed E-state index contributed by atoms with van der Waals surface area (Å²) in [6, 6.07) is 10.5. The van der Waals surface area contributed by atoms with Crippen LogP contribution in [-0.4, -0.2) is 15.7 Å². The van der Waals surface area contributed by atoms with Crippen LogP contribution in [-0.2, 0) is 13.0 Å². The van der Waals surface area contributed by atoms with E-state index in [0.717, 1.165) is 23.5 Å². The Labute approximate surface area is 162 Å². The quantitative estimate of drug-likeness (QED) is 0.621. The highest BCUT2D eigenvalue weighted by molar-refractivity contribution is 7.09. The highest BCUT2D eigenvalue weighted by atomic mass is 32.1. The van der Waals surface area contributed by atoms with Gasteiger partial charge in [-0.25, -0.2) is 4.98 Å². The molecule has 3 rings (SSSR count). The van der Waals surface area contributed by atoms with Crippen molar-refractivity contribution in [2.24, 2.45) is 0 Å². The number of aromatic nitrogens is 1. The summed E-state index contributed by atoms with van der Waals surface area (Å²) in [7, 11) is 0. The third kappa shape index (κ3) is 5.79. The lowest BCUT2D eigenvalue weighted by Gasteiger charge is -2.16. The van der Waals surface area contributed by atoms with Gasteiger partial charge >= 0.3 is 0 Å². The number of thiazole rings is 1. The minimum atomic E-state index is -0.969. The van der Waals surface area contributed by atoms with Gasteiger partial charge in [0.2, 0.25) is 0 Å². The van der Waals surface area contributed by atoms with Crippen molar-refractivity contribution in [1.82, 2.24) is 10.3 Å². The summed E-state index contributed by atoms with van der Waals surface area (Å²) in [5, 5.41) is 20.8. The highest BCUT2D eigenvalue weighted by Gasteiger charge is 2.15. The molecule has 0 aliphatic rings. The minimum absolute atomic E-state index is 0.208. The lowest BCUT2D eigenvalue weighted by molar-refractivity contribution is 0.143. The first-order valence-corrected chi connectivity index (χ1v) is 10.3. The Morgan fingerprint density at radius 2 is 1.96 bits per heavy atom. The number of hydrogen-bond donors (Lipinski definition) is 2. The molecule has 26 heavy (non-hydrogen) atoms. The lowest BCUT2D eigenvalue weighted by atomic mass is 10.1. The van der Waals surface area contributed by atoms with Crippen molar-refractivity contribution < 1.29 is 5.11 Å². The average molecular weight is 383 g/mol. The van der Waals surface area contributed by atoms with Gasteiger partial charge in [-0.15, -0.1) is 11.3 Å². The number of nitrogens with zero attached hydrogens (tertiary/aromatic N) is 1. The number of nitrogens with one attached hydrogen (secondary N) is 1. The molecular weight excluding hydrogens is 360 g/mol. The van der Waals surface area contributed by atoms with E-state index in [1.165, 1.54) is 11.1 Å². The largest absolute Gasteiger partial charge is 0.378 e. The van der Waals surface area contributed by atoms with Gasteiger partial charge in [-0.05, 0) is 60.4 Å². The van der Waals surface area contributed by atoms with Crippen molar-refractivity contribution in [2.45, 2.75) is 38.5 Å². The fraction of sp³-hybridized carbons (Fsp3) is 0.286. The molecule has 0 saturated heterocycles. The Hall–Kier alpha value is -1.97. The van der Waals surface area contributed by atoms with Crippen molar-refractivity contribution >= 4 is 22.7 Å². The minimum Gasteiger partial charge on any atom is -0.378 e. The van der Waals surface area contributed by atoms with Gasteiger partial charge in [-0.2, -0.15) is 11.3 Å². The third-order valence-corrected chi connectivity index (χ3v) is 5.41. The molecule has 0 amide bonds.